The van der Waals surface area contributed by atoms with Crippen molar-refractivity contribution in [3.63, 3.8) is 0 Å². The number of carboxylic acid groups (broad SMARTS) is 1. The first-order valence-corrected chi connectivity index (χ1v) is 8.60. The summed E-state index contributed by atoms with van der Waals surface area (Å²) in [5.41, 5.74) is 1.97. The van der Waals surface area contributed by atoms with Gasteiger partial charge in [0.25, 0.3) is 0 Å². The first-order chi connectivity index (χ1) is 12.8. The van der Waals surface area contributed by atoms with Gasteiger partial charge < -0.3 is 16.2 Å². The molecule has 0 aliphatic heterocycles. The lowest BCUT2D eigenvalue weighted by atomic mass is 9.96. The summed E-state index contributed by atoms with van der Waals surface area (Å²) in [4.78, 5) is 36.8. The summed E-state index contributed by atoms with van der Waals surface area (Å²) in [6.07, 6.45) is -5.46. The monoisotopic (exact) mass is 403 g/mol. The SMILES string of the molecule is CCCCN(C(=O)O)C(C(=O)NC(C)(C)C(N)=O)c1ccccc1C(F)(F)F. The van der Waals surface area contributed by atoms with Crippen LogP contribution in [0.25, 0.3) is 0 Å². The van der Waals surface area contributed by atoms with E-state index in [-0.39, 0.29) is 6.54 Å². The maximum Gasteiger partial charge on any atom is 0.416 e. The lowest BCUT2D eigenvalue weighted by Crippen LogP contribution is -2.56. The van der Waals surface area contributed by atoms with Gasteiger partial charge in [-0.1, -0.05) is 31.5 Å². The molecule has 0 saturated carbocycles. The van der Waals surface area contributed by atoms with Crippen LogP contribution in [0.1, 0.15) is 50.8 Å². The average molecular weight is 403 g/mol. The van der Waals surface area contributed by atoms with Gasteiger partial charge in [-0.2, -0.15) is 13.2 Å². The highest BCUT2D eigenvalue weighted by Crippen LogP contribution is 2.36. The van der Waals surface area contributed by atoms with E-state index in [1.807, 2.05) is 0 Å². The highest BCUT2D eigenvalue weighted by Gasteiger charge is 2.41. The van der Waals surface area contributed by atoms with Gasteiger partial charge in [-0.25, -0.2) is 4.79 Å². The van der Waals surface area contributed by atoms with E-state index in [0.717, 1.165) is 18.2 Å². The van der Waals surface area contributed by atoms with E-state index in [1.54, 1.807) is 6.92 Å². The van der Waals surface area contributed by atoms with Crippen molar-refractivity contribution in [2.24, 2.45) is 5.73 Å². The summed E-state index contributed by atoms with van der Waals surface area (Å²) in [7, 11) is 0. The van der Waals surface area contributed by atoms with Crippen molar-refractivity contribution in [1.29, 1.82) is 0 Å². The third-order valence-electron chi connectivity index (χ3n) is 4.17. The summed E-state index contributed by atoms with van der Waals surface area (Å²) in [5, 5.41) is 11.8. The van der Waals surface area contributed by atoms with Gasteiger partial charge in [-0.05, 0) is 31.9 Å². The second-order valence-electron chi connectivity index (χ2n) is 6.80. The molecule has 0 aliphatic rings. The van der Waals surface area contributed by atoms with Crippen LogP contribution < -0.4 is 11.1 Å². The zero-order valence-electron chi connectivity index (χ0n) is 15.8. The molecule has 1 aromatic carbocycles. The van der Waals surface area contributed by atoms with Crippen LogP contribution >= 0.6 is 0 Å². The number of hydrogen-bond acceptors (Lipinski definition) is 3. The molecular weight excluding hydrogens is 379 g/mol. The molecule has 0 aliphatic carbocycles. The second kappa shape index (κ2) is 8.94. The molecular formula is C18H24F3N3O4. The van der Waals surface area contributed by atoms with Gasteiger partial charge in [-0.15, -0.1) is 0 Å². The number of primary amides is 1. The molecule has 10 heteroatoms. The number of carbonyl (C=O) groups is 3. The maximum absolute atomic E-state index is 13.5. The Morgan fingerprint density at radius 1 is 1.21 bits per heavy atom. The van der Waals surface area contributed by atoms with Gasteiger partial charge >= 0.3 is 12.3 Å². The highest BCUT2D eigenvalue weighted by atomic mass is 19.4. The molecule has 1 unspecified atom stereocenters. The van der Waals surface area contributed by atoms with Crippen LogP contribution in [-0.4, -0.2) is 40.0 Å². The largest absolute Gasteiger partial charge is 0.465 e. The number of nitrogens with one attached hydrogen (secondary N) is 1. The van der Waals surface area contributed by atoms with Gasteiger partial charge in [0.1, 0.15) is 11.6 Å². The fraction of sp³-hybridized carbons (Fsp3) is 0.500. The third-order valence-corrected chi connectivity index (χ3v) is 4.17. The standard InChI is InChI=1S/C18H24F3N3O4/c1-4-5-10-24(16(27)28)13(14(25)23-17(2,3)15(22)26)11-8-6-7-9-12(11)18(19,20)21/h6-9,13H,4-5,10H2,1-3H3,(H2,22,26)(H,23,25)(H,27,28). The van der Waals surface area contributed by atoms with Crippen LogP contribution in [-0.2, 0) is 15.8 Å². The summed E-state index contributed by atoms with van der Waals surface area (Å²) in [6.45, 7) is 4.16. The van der Waals surface area contributed by atoms with Gasteiger partial charge in [0.2, 0.25) is 11.8 Å². The minimum atomic E-state index is -4.80. The van der Waals surface area contributed by atoms with Crippen LogP contribution in [0.5, 0.6) is 0 Å². The molecule has 7 nitrogen and oxygen atoms in total. The second-order valence-corrected chi connectivity index (χ2v) is 6.80. The Kier molecular flexibility index (Phi) is 7.43. The Bertz CT molecular complexity index is 735. The normalized spacial score (nSPS) is 12.9. The van der Waals surface area contributed by atoms with E-state index in [2.05, 4.69) is 5.32 Å². The zero-order valence-corrected chi connectivity index (χ0v) is 15.8. The van der Waals surface area contributed by atoms with Crippen molar-refractivity contribution < 1.29 is 32.7 Å². The molecule has 1 aromatic rings. The Morgan fingerprint density at radius 3 is 2.25 bits per heavy atom. The summed E-state index contributed by atoms with van der Waals surface area (Å²) in [6, 6.07) is 2.44. The minimum Gasteiger partial charge on any atom is -0.465 e. The molecule has 0 bridgehead atoms. The van der Waals surface area contributed by atoms with E-state index >= 15 is 0 Å². The number of halogens is 3. The fourth-order valence-electron chi connectivity index (χ4n) is 2.55. The number of benzene rings is 1. The Balaban J connectivity index is 3.55. The molecule has 0 spiro atoms. The Labute approximate surface area is 160 Å². The van der Waals surface area contributed by atoms with Crippen LogP contribution in [0, 0.1) is 0 Å². The van der Waals surface area contributed by atoms with Gasteiger partial charge in [0.05, 0.1) is 5.56 Å². The maximum atomic E-state index is 13.5. The third kappa shape index (κ3) is 5.61. The molecule has 0 saturated heterocycles. The number of nitrogens with two attached hydrogens (primary N) is 1. The van der Waals surface area contributed by atoms with E-state index in [1.165, 1.54) is 19.9 Å². The first kappa shape index (κ1) is 23.3. The van der Waals surface area contributed by atoms with Gasteiger partial charge in [-0.3, -0.25) is 14.5 Å². The topological polar surface area (TPSA) is 113 Å². The van der Waals surface area contributed by atoms with Crippen molar-refractivity contribution in [2.45, 2.75) is 51.4 Å². The molecule has 28 heavy (non-hydrogen) atoms. The van der Waals surface area contributed by atoms with E-state index in [9.17, 15) is 32.7 Å². The number of alkyl halides is 3. The summed E-state index contributed by atoms with van der Waals surface area (Å²) < 4.78 is 40.4. The van der Waals surface area contributed by atoms with E-state index in [0.29, 0.717) is 17.7 Å². The van der Waals surface area contributed by atoms with Crippen molar-refractivity contribution in [3.05, 3.63) is 35.4 Å². The van der Waals surface area contributed by atoms with Gasteiger partial charge in [0.15, 0.2) is 0 Å². The lowest BCUT2D eigenvalue weighted by molar-refractivity contribution is -0.140. The number of hydrogen-bond donors (Lipinski definition) is 3. The molecule has 3 amide bonds. The van der Waals surface area contributed by atoms with Crippen LogP contribution in [0.4, 0.5) is 18.0 Å². The Hall–Kier alpha value is -2.78. The first-order valence-electron chi connectivity index (χ1n) is 8.60. The molecule has 1 atom stereocenters. The quantitative estimate of drug-likeness (QED) is 0.619. The smallest absolute Gasteiger partial charge is 0.416 e. The number of nitrogens with zero attached hydrogens (tertiary/aromatic N) is 1. The van der Waals surface area contributed by atoms with Gasteiger partial charge in [0, 0.05) is 6.54 Å². The molecule has 0 radical (unpaired) electrons. The minimum absolute atomic E-state index is 0.160. The summed E-state index contributed by atoms with van der Waals surface area (Å²) in [5.74, 6) is -1.99. The average Bonchev–Trinajstić information content (AvgIpc) is 2.56. The predicted octanol–water partition coefficient (Wildman–Crippen LogP) is 2.91. The van der Waals surface area contributed by atoms with Crippen molar-refractivity contribution >= 4 is 17.9 Å². The number of carbonyl (C=O) groups excluding carboxylic acids is 2. The molecule has 4 N–H and O–H groups in total. The van der Waals surface area contributed by atoms with E-state index < -0.39 is 46.8 Å². The van der Waals surface area contributed by atoms with Crippen LogP contribution in [0.15, 0.2) is 24.3 Å². The van der Waals surface area contributed by atoms with Crippen LogP contribution in [0.2, 0.25) is 0 Å². The van der Waals surface area contributed by atoms with Crippen molar-refractivity contribution in [1.82, 2.24) is 10.2 Å². The van der Waals surface area contributed by atoms with Crippen LogP contribution in [0.3, 0.4) is 0 Å². The molecule has 0 heterocycles. The predicted molar refractivity (Wildman–Crippen MR) is 95.2 cm³/mol. The molecule has 156 valence electrons. The van der Waals surface area contributed by atoms with E-state index in [4.69, 9.17) is 5.73 Å². The lowest BCUT2D eigenvalue weighted by Gasteiger charge is -2.33. The highest BCUT2D eigenvalue weighted by molar-refractivity contribution is 5.93. The zero-order chi connectivity index (χ0) is 21.7. The number of unbranched alkanes of at least 4 members (excludes halogenated alkanes) is 1. The summed E-state index contributed by atoms with van der Waals surface area (Å²) >= 11 is 0. The number of amides is 3. The van der Waals surface area contributed by atoms with Crippen molar-refractivity contribution in [2.75, 3.05) is 6.54 Å². The Morgan fingerprint density at radius 2 is 1.79 bits per heavy atom. The molecule has 1 rings (SSSR count). The molecule has 0 aromatic heterocycles. The molecule has 0 fully saturated rings. The fourth-order valence-corrected chi connectivity index (χ4v) is 2.55. The number of rotatable bonds is 8. The van der Waals surface area contributed by atoms with Crippen molar-refractivity contribution in [3.8, 4) is 0 Å².